The second kappa shape index (κ2) is 9.78. The minimum Gasteiger partial charge on any atom is -0.497 e. The average molecular weight is 529 g/mol. The fourth-order valence-electron chi connectivity index (χ4n) is 4.19. The molecular weight excluding hydrogens is 509 g/mol. The predicted molar refractivity (Wildman–Crippen MR) is 130 cm³/mol. The highest BCUT2D eigenvalue weighted by atomic mass is 35.5. The van der Waals surface area contributed by atoms with Crippen molar-refractivity contribution in [3.05, 3.63) is 94.8 Å². The maximum Gasteiger partial charge on any atom is 0.416 e. The van der Waals surface area contributed by atoms with Crippen LogP contribution in [0.2, 0.25) is 5.02 Å². The van der Waals surface area contributed by atoms with Crippen LogP contribution in [0.4, 0.5) is 23.7 Å². The number of amides is 2. The van der Waals surface area contributed by atoms with Crippen LogP contribution >= 0.6 is 11.6 Å². The van der Waals surface area contributed by atoms with Crippen molar-refractivity contribution in [2.45, 2.75) is 18.8 Å². The van der Waals surface area contributed by atoms with Crippen LogP contribution in [0.5, 0.6) is 5.75 Å². The fraction of sp³-hybridized carbons (Fsp3) is 0.192. The summed E-state index contributed by atoms with van der Waals surface area (Å²) in [6, 6.07) is 17.5. The van der Waals surface area contributed by atoms with Gasteiger partial charge in [-0.15, -0.1) is 10.2 Å². The molecule has 1 saturated heterocycles. The monoisotopic (exact) mass is 528 g/mol. The molecule has 3 aromatic carbocycles. The molecule has 1 fully saturated rings. The molecule has 7 nitrogen and oxygen atoms in total. The van der Waals surface area contributed by atoms with Gasteiger partial charge < -0.3 is 14.1 Å². The third kappa shape index (κ3) is 5.10. The van der Waals surface area contributed by atoms with E-state index < -0.39 is 23.8 Å². The summed E-state index contributed by atoms with van der Waals surface area (Å²) >= 11 is 6.01. The molecule has 11 heteroatoms. The van der Waals surface area contributed by atoms with E-state index in [0.717, 1.165) is 12.1 Å². The summed E-state index contributed by atoms with van der Waals surface area (Å²) in [5.41, 5.74) is 0.749. The maximum atomic E-state index is 13.5. The Morgan fingerprint density at radius 1 is 1.05 bits per heavy atom. The molecule has 37 heavy (non-hydrogen) atoms. The summed E-state index contributed by atoms with van der Waals surface area (Å²) in [7, 11) is 1.56. The van der Waals surface area contributed by atoms with Crippen LogP contribution in [0.1, 0.15) is 23.1 Å². The van der Waals surface area contributed by atoms with Crippen molar-refractivity contribution in [1.29, 1.82) is 0 Å². The Balaban J connectivity index is 1.44. The Morgan fingerprint density at radius 2 is 1.78 bits per heavy atom. The van der Waals surface area contributed by atoms with E-state index in [1.54, 1.807) is 61.7 Å². The molecule has 0 saturated carbocycles. The number of benzene rings is 3. The Morgan fingerprint density at radius 3 is 2.46 bits per heavy atom. The van der Waals surface area contributed by atoms with Gasteiger partial charge in [-0.05, 0) is 66.2 Å². The molecule has 190 valence electrons. The van der Waals surface area contributed by atoms with Crippen molar-refractivity contribution in [3.63, 3.8) is 0 Å². The molecule has 1 atom stereocenters. The van der Waals surface area contributed by atoms with Crippen LogP contribution in [0.3, 0.4) is 0 Å². The van der Waals surface area contributed by atoms with E-state index in [0.29, 0.717) is 27.6 Å². The molecule has 1 aromatic heterocycles. The lowest BCUT2D eigenvalue weighted by Gasteiger charge is -2.24. The SMILES string of the molecule is COc1ccc(-c2nnc(CN3CC(c4cccc(C(F)(F)F)c4)N(c4ccc(Cl)cc4)C3=O)o2)cc1. The number of carbonyl (C=O) groups excluding carboxylic acids is 1. The van der Waals surface area contributed by atoms with Crippen molar-refractivity contribution >= 4 is 23.3 Å². The zero-order valence-corrected chi connectivity index (χ0v) is 20.2. The summed E-state index contributed by atoms with van der Waals surface area (Å²) in [5, 5.41) is 8.60. The third-order valence-corrected chi connectivity index (χ3v) is 6.27. The van der Waals surface area contributed by atoms with E-state index in [1.165, 1.54) is 15.9 Å². The van der Waals surface area contributed by atoms with Crippen LogP contribution in [0.15, 0.2) is 77.2 Å². The van der Waals surface area contributed by atoms with Crippen molar-refractivity contribution < 1.29 is 27.1 Å². The molecule has 1 unspecified atom stereocenters. The number of hydrogen-bond donors (Lipinski definition) is 0. The second-order valence-corrected chi connectivity index (χ2v) is 8.81. The highest BCUT2D eigenvalue weighted by molar-refractivity contribution is 6.30. The number of ether oxygens (including phenoxy) is 1. The quantitative estimate of drug-likeness (QED) is 0.282. The van der Waals surface area contributed by atoms with E-state index >= 15 is 0 Å². The van der Waals surface area contributed by atoms with E-state index in [4.69, 9.17) is 20.8 Å². The number of aromatic nitrogens is 2. The van der Waals surface area contributed by atoms with Crippen LogP contribution in [-0.2, 0) is 12.7 Å². The van der Waals surface area contributed by atoms with Crippen molar-refractivity contribution in [2.24, 2.45) is 0 Å². The van der Waals surface area contributed by atoms with Gasteiger partial charge in [0.2, 0.25) is 11.8 Å². The van der Waals surface area contributed by atoms with Gasteiger partial charge in [-0.2, -0.15) is 13.2 Å². The first-order chi connectivity index (χ1) is 17.7. The topological polar surface area (TPSA) is 71.7 Å². The number of anilines is 1. The first-order valence-corrected chi connectivity index (χ1v) is 11.6. The lowest BCUT2D eigenvalue weighted by molar-refractivity contribution is -0.137. The molecular formula is C26H20ClF3N4O3. The largest absolute Gasteiger partial charge is 0.497 e. The minimum atomic E-state index is -4.51. The number of urea groups is 1. The van der Waals surface area contributed by atoms with Gasteiger partial charge >= 0.3 is 12.2 Å². The zero-order chi connectivity index (χ0) is 26.2. The van der Waals surface area contributed by atoms with E-state index in [2.05, 4.69) is 10.2 Å². The molecule has 0 aliphatic carbocycles. The number of methoxy groups -OCH3 is 1. The van der Waals surface area contributed by atoms with Crippen molar-refractivity contribution in [2.75, 3.05) is 18.6 Å². The first-order valence-electron chi connectivity index (χ1n) is 11.2. The maximum absolute atomic E-state index is 13.5. The summed E-state index contributed by atoms with van der Waals surface area (Å²) < 4.78 is 51.1. The molecule has 5 rings (SSSR count). The summed E-state index contributed by atoms with van der Waals surface area (Å²) in [6.07, 6.45) is -4.51. The minimum absolute atomic E-state index is 0.0124. The van der Waals surface area contributed by atoms with Crippen LogP contribution in [-0.4, -0.2) is 34.8 Å². The standard InChI is InChI=1S/C26H20ClF3N4O3/c1-36-21-11-5-16(6-12-21)24-32-31-23(37-24)15-33-14-22(17-3-2-4-18(13-17)26(28,29)30)34(25(33)35)20-9-7-19(27)8-10-20/h2-13,22H,14-15H2,1H3. The molecule has 2 amide bonds. The Labute approximate surface area is 215 Å². The van der Waals surface area contributed by atoms with Crippen molar-refractivity contribution in [1.82, 2.24) is 15.1 Å². The van der Waals surface area contributed by atoms with Crippen molar-refractivity contribution in [3.8, 4) is 17.2 Å². The van der Waals surface area contributed by atoms with Gasteiger partial charge in [0.15, 0.2) is 0 Å². The molecule has 0 spiro atoms. The predicted octanol–water partition coefficient (Wildman–Crippen LogP) is 6.60. The molecule has 0 N–H and O–H groups in total. The molecule has 0 radical (unpaired) electrons. The lowest BCUT2D eigenvalue weighted by Crippen LogP contribution is -2.32. The number of halogens is 4. The smallest absolute Gasteiger partial charge is 0.416 e. The molecule has 1 aliphatic heterocycles. The van der Waals surface area contributed by atoms with Gasteiger partial charge in [0.05, 0.1) is 18.7 Å². The normalized spacial score (nSPS) is 15.9. The highest BCUT2D eigenvalue weighted by Gasteiger charge is 2.41. The van der Waals surface area contributed by atoms with Crippen LogP contribution in [0, 0.1) is 0 Å². The van der Waals surface area contributed by atoms with Gasteiger partial charge in [0.1, 0.15) is 12.3 Å². The number of alkyl halides is 3. The Kier molecular flexibility index (Phi) is 6.51. The second-order valence-electron chi connectivity index (χ2n) is 8.38. The van der Waals surface area contributed by atoms with E-state index in [9.17, 15) is 18.0 Å². The summed E-state index contributed by atoms with van der Waals surface area (Å²) in [6.45, 7) is 0.102. The molecule has 0 bridgehead atoms. The highest BCUT2D eigenvalue weighted by Crippen LogP contribution is 2.38. The zero-order valence-electron chi connectivity index (χ0n) is 19.4. The Bertz CT molecular complexity index is 1410. The number of nitrogens with zero attached hydrogens (tertiary/aromatic N) is 4. The van der Waals surface area contributed by atoms with Gasteiger partial charge in [-0.1, -0.05) is 23.7 Å². The number of hydrogen-bond acceptors (Lipinski definition) is 5. The summed E-state index contributed by atoms with van der Waals surface area (Å²) in [5.74, 6) is 1.14. The van der Waals surface area contributed by atoms with Gasteiger partial charge in [-0.3, -0.25) is 4.90 Å². The molecule has 4 aromatic rings. The Hall–Kier alpha value is -4.05. The van der Waals surface area contributed by atoms with Crippen LogP contribution in [0.25, 0.3) is 11.5 Å². The molecule has 2 heterocycles. The fourth-order valence-corrected chi connectivity index (χ4v) is 4.31. The lowest BCUT2D eigenvalue weighted by atomic mass is 10.0. The van der Waals surface area contributed by atoms with Gasteiger partial charge in [-0.25, -0.2) is 4.79 Å². The van der Waals surface area contributed by atoms with Gasteiger partial charge in [0.25, 0.3) is 0 Å². The average Bonchev–Trinajstić information content (AvgIpc) is 3.49. The third-order valence-electron chi connectivity index (χ3n) is 6.02. The van der Waals surface area contributed by atoms with E-state index in [1.807, 2.05) is 0 Å². The van der Waals surface area contributed by atoms with E-state index in [-0.39, 0.29) is 24.9 Å². The number of carbonyl (C=O) groups is 1. The number of rotatable bonds is 6. The first kappa shape index (κ1) is 24.6. The summed E-state index contributed by atoms with van der Waals surface area (Å²) in [4.78, 5) is 16.4. The molecule has 1 aliphatic rings. The van der Waals surface area contributed by atoms with Crippen LogP contribution < -0.4 is 9.64 Å². The van der Waals surface area contributed by atoms with Gasteiger partial charge in [0, 0.05) is 22.8 Å².